The van der Waals surface area contributed by atoms with Crippen LogP contribution in [0.2, 0.25) is 0 Å². The molecule has 1 aliphatic rings. The number of aryl methyl sites for hydroxylation is 1. The van der Waals surface area contributed by atoms with E-state index in [0.717, 1.165) is 30.7 Å². The maximum absolute atomic E-state index is 9.52. The summed E-state index contributed by atoms with van der Waals surface area (Å²) in [5.74, 6) is 0.920. The fourth-order valence-corrected chi connectivity index (χ4v) is 2.40. The van der Waals surface area contributed by atoms with Gasteiger partial charge in [-0.25, -0.2) is 0 Å². The highest BCUT2D eigenvalue weighted by molar-refractivity contribution is 5.50. The van der Waals surface area contributed by atoms with Crippen LogP contribution in [0.15, 0.2) is 18.2 Å². The Balaban J connectivity index is 1.98. The number of nitrogens with one attached hydrogen (secondary N) is 1. The first-order valence-electron chi connectivity index (χ1n) is 6.74. The highest BCUT2D eigenvalue weighted by atomic mass is 16.5. The second-order valence-electron chi connectivity index (χ2n) is 5.52. The standard InChI is InChI=1S/C15H23NO2/c1-10(2)15-9-13(6-7-18-15)16-12-4-5-14(17)11(3)8-12/h4-5,8,10,13,15-17H,6-7,9H2,1-3H3. The molecule has 0 radical (unpaired) electrons. The minimum Gasteiger partial charge on any atom is -0.508 e. The van der Waals surface area contributed by atoms with E-state index in [4.69, 9.17) is 4.74 Å². The van der Waals surface area contributed by atoms with Crippen LogP contribution in [0.3, 0.4) is 0 Å². The van der Waals surface area contributed by atoms with Gasteiger partial charge in [-0.2, -0.15) is 0 Å². The van der Waals surface area contributed by atoms with Gasteiger partial charge in [0.2, 0.25) is 0 Å². The molecule has 0 aliphatic carbocycles. The molecular formula is C15H23NO2. The smallest absolute Gasteiger partial charge is 0.118 e. The van der Waals surface area contributed by atoms with Crippen LogP contribution in [0.25, 0.3) is 0 Å². The van der Waals surface area contributed by atoms with E-state index in [0.29, 0.717) is 23.8 Å². The highest BCUT2D eigenvalue weighted by Crippen LogP contribution is 2.25. The zero-order valence-electron chi connectivity index (χ0n) is 11.4. The molecule has 0 spiro atoms. The molecule has 2 atom stereocenters. The first-order chi connectivity index (χ1) is 8.56. The van der Waals surface area contributed by atoms with Crippen LogP contribution in [0.5, 0.6) is 5.75 Å². The Labute approximate surface area is 109 Å². The van der Waals surface area contributed by atoms with Crippen molar-refractivity contribution >= 4 is 5.69 Å². The van der Waals surface area contributed by atoms with Crippen molar-refractivity contribution in [3.05, 3.63) is 23.8 Å². The lowest BCUT2D eigenvalue weighted by Gasteiger charge is -2.33. The van der Waals surface area contributed by atoms with Gasteiger partial charge < -0.3 is 15.2 Å². The van der Waals surface area contributed by atoms with E-state index in [9.17, 15) is 5.11 Å². The fraction of sp³-hybridized carbons (Fsp3) is 0.600. The second kappa shape index (κ2) is 5.61. The molecule has 3 heteroatoms. The highest BCUT2D eigenvalue weighted by Gasteiger charge is 2.24. The van der Waals surface area contributed by atoms with Gasteiger partial charge in [0, 0.05) is 18.3 Å². The van der Waals surface area contributed by atoms with E-state index in [1.807, 2.05) is 19.1 Å². The summed E-state index contributed by atoms with van der Waals surface area (Å²) < 4.78 is 5.77. The average Bonchev–Trinajstić information content (AvgIpc) is 2.34. The van der Waals surface area contributed by atoms with Gasteiger partial charge in [-0.15, -0.1) is 0 Å². The van der Waals surface area contributed by atoms with Gasteiger partial charge in [0.05, 0.1) is 6.10 Å². The summed E-state index contributed by atoms with van der Waals surface area (Å²) in [5.41, 5.74) is 1.99. The number of hydrogen-bond acceptors (Lipinski definition) is 3. The van der Waals surface area contributed by atoms with E-state index >= 15 is 0 Å². The predicted molar refractivity (Wildman–Crippen MR) is 74.1 cm³/mol. The number of anilines is 1. The Morgan fingerprint density at radius 1 is 1.39 bits per heavy atom. The van der Waals surface area contributed by atoms with Crippen molar-refractivity contribution in [3.8, 4) is 5.75 Å². The molecule has 2 rings (SSSR count). The Bertz CT molecular complexity index is 403. The molecule has 1 fully saturated rings. The fourth-order valence-electron chi connectivity index (χ4n) is 2.40. The van der Waals surface area contributed by atoms with Gasteiger partial charge in [0.25, 0.3) is 0 Å². The molecule has 0 bridgehead atoms. The molecule has 2 unspecified atom stereocenters. The molecule has 0 aromatic heterocycles. The molecule has 0 saturated carbocycles. The van der Waals surface area contributed by atoms with E-state index in [1.165, 1.54) is 0 Å². The maximum Gasteiger partial charge on any atom is 0.118 e. The third kappa shape index (κ3) is 3.16. The number of benzene rings is 1. The third-order valence-corrected chi connectivity index (χ3v) is 3.63. The molecule has 3 nitrogen and oxygen atoms in total. The first kappa shape index (κ1) is 13.2. The molecule has 1 saturated heterocycles. The van der Waals surface area contributed by atoms with Crippen molar-refractivity contribution in [1.82, 2.24) is 0 Å². The zero-order valence-corrected chi connectivity index (χ0v) is 11.4. The van der Waals surface area contributed by atoms with Crippen LogP contribution in [-0.2, 0) is 4.74 Å². The summed E-state index contributed by atoms with van der Waals surface area (Å²) in [6.45, 7) is 7.16. The zero-order chi connectivity index (χ0) is 13.1. The van der Waals surface area contributed by atoms with Crippen LogP contribution in [0, 0.1) is 12.8 Å². The van der Waals surface area contributed by atoms with Crippen molar-refractivity contribution < 1.29 is 9.84 Å². The van der Waals surface area contributed by atoms with Crippen molar-refractivity contribution in [2.24, 2.45) is 5.92 Å². The number of hydrogen-bond donors (Lipinski definition) is 2. The summed E-state index contributed by atoms with van der Waals surface area (Å²) in [7, 11) is 0. The van der Waals surface area contributed by atoms with Crippen LogP contribution in [0.4, 0.5) is 5.69 Å². The molecule has 1 aromatic rings. The third-order valence-electron chi connectivity index (χ3n) is 3.63. The van der Waals surface area contributed by atoms with Crippen molar-refractivity contribution in [2.45, 2.75) is 45.8 Å². The van der Waals surface area contributed by atoms with Gasteiger partial charge >= 0.3 is 0 Å². The van der Waals surface area contributed by atoms with E-state index in [2.05, 4.69) is 19.2 Å². The largest absolute Gasteiger partial charge is 0.508 e. The van der Waals surface area contributed by atoms with Crippen LogP contribution in [0.1, 0.15) is 32.3 Å². The van der Waals surface area contributed by atoms with Gasteiger partial charge in [-0.1, -0.05) is 13.8 Å². The summed E-state index contributed by atoms with van der Waals surface area (Å²) in [4.78, 5) is 0. The van der Waals surface area contributed by atoms with Crippen LogP contribution in [-0.4, -0.2) is 23.9 Å². The minimum atomic E-state index is 0.354. The Morgan fingerprint density at radius 2 is 2.17 bits per heavy atom. The van der Waals surface area contributed by atoms with Gasteiger partial charge in [0.15, 0.2) is 0 Å². The van der Waals surface area contributed by atoms with E-state index in [-0.39, 0.29) is 0 Å². The maximum atomic E-state index is 9.52. The monoisotopic (exact) mass is 249 g/mol. The lowest BCUT2D eigenvalue weighted by molar-refractivity contribution is -0.0160. The normalized spacial score (nSPS) is 24.2. The van der Waals surface area contributed by atoms with Crippen LogP contribution < -0.4 is 5.32 Å². The van der Waals surface area contributed by atoms with Crippen molar-refractivity contribution in [3.63, 3.8) is 0 Å². The van der Waals surface area contributed by atoms with Gasteiger partial charge in [0.1, 0.15) is 5.75 Å². The minimum absolute atomic E-state index is 0.354. The van der Waals surface area contributed by atoms with Gasteiger partial charge in [-0.3, -0.25) is 0 Å². The Kier molecular flexibility index (Phi) is 4.12. The first-order valence-corrected chi connectivity index (χ1v) is 6.74. The van der Waals surface area contributed by atoms with Crippen molar-refractivity contribution in [1.29, 1.82) is 0 Å². The summed E-state index contributed by atoms with van der Waals surface area (Å²) in [5, 5.41) is 13.1. The number of phenols is 1. The van der Waals surface area contributed by atoms with E-state index in [1.54, 1.807) is 6.07 Å². The molecular weight excluding hydrogens is 226 g/mol. The SMILES string of the molecule is Cc1cc(NC2CCOC(C(C)C)C2)ccc1O. The molecule has 2 N–H and O–H groups in total. The molecule has 1 heterocycles. The van der Waals surface area contributed by atoms with Gasteiger partial charge in [-0.05, 0) is 49.4 Å². The molecule has 1 aliphatic heterocycles. The topological polar surface area (TPSA) is 41.5 Å². The average molecular weight is 249 g/mol. The lowest BCUT2D eigenvalue weighted by atomic mass is 9.95. The molecule has 1 aromatic carbocycles. The van der Waals surface area contributed by atoms with Crippen molar-refractivity contribution in [2.75, 3.05) is 11.9 Å². The molecule has 18 heavy (non-hydrogen) atoms. The van der Waals surface area contributed by atoms with E-state index < -0.39 is 0 Å². The number of ether oxygens (including phenoxy) is 1. The molecule has 100 valence electrons. The lowest BCUT2D eigenvalue weighted by Crippen LogP contribution is -2.36. The second-order valence-corrected chi connectivity index (χ2v) is 5.52. The summed E-state index contributed by atoms with van der Waals surface area (Å²) >= 11 is 0. The number of rotatable bonds is 3. The molecule has 0 amide bonds. The summed E-state index contributed by atoms with van der Waals surface area (Å²) in [6.07, 6.45) is 2.45. The van der Waals surface area contributed by atoms with Crippen LogP contribution >= 0.6 is 0 Å². The Morgan fingerprint density at radius 3 is 2.83 bits per heavy atom. The number of phenolic OH excluding ortho intramolecular Hbond substituents is 1. The number of aromatic hydroxyl groups is 1. The predicted octanol–water partition coefficient (Wildman–Crippen LogP) is 3.32. The quantitative estimate of drug-likeness (QED) is 0.807. The Hall–Kier alpha value is -1.22. The summed E-state index contributed by atoms with van der Waals surface area (Å²) in [6, 6.07) is 6.14.